The number of carbonyl (C=O) groups is 4. The number of aryl methyl sites for hydroxylation is 4. The summed E-state index contributed by atoms with van der Waals surface area (Å²) in [7, 11) is 0.677. The Morgan fingerprint density at radius 2 is 1.34 bits per heavy atom. The number of aromatic nitrogens is 7. The van der Waals surface area contributed by atoms with Gasteiger partial charge in [-0.1, -0.05) is 39.8 Å². The van der Waals surface area contributed by atoms with Gasteiger partial charge in [-0.3, -0.25) is 24.9 Å². The molecule has 61 heavy (non-hydrogen) atoms. The Kier molecular flexibility index (Phi) is 13.1. The fraction of sp³-hybridized carbons (Fsp3) is 0.395. The van der Waals surface area contributed by atoms with E-state index in [9.17, 15) is 19.2 Å². The molecule has 0 aliphatic carbocycles. The number of esters is 2. The van der Waals surface area contributed by atoms with Crippen molar-refractivity contribution in [3.63, 3.8) is 0 Å². The number of oxazole rings is 1. The number of fused-ring (bicyclic) bond motifs is 2. The van der Waals surface area contributed by atoms with E-state index in [0.717, 1.165) is 0 Å². The van der Waals surface area contributed by atoms with Gasteiger partial charge >= 0.3 is 11.9 Å². The van der Waals surface area contributed by atoms with Gasteiger partial charge in [-0.05, 0) is 80.4 Å². The van der Waals surface area contributed by atoms with Crippen molar-refractivity contribution in [2.45, 2.75) is 92.2 Å². The molecule has 18 heteroatoms. The number of amides is 2. The predicted molar refractivity (Wildman–Crippen MR) is 233 cm³/mol. The van der Waals surface area contributed by atoms with Crippen molar-refractivity contribution in [3.05, 3.63) is 94.5 Å². The molecule has 0 fully saturated rings. The van der Waals surface area contributed by atoms with Crippen LogP contribution < -0.4 is 10.6 Å². The van der Waals surface area contributed by atoms with Gasteiger partial charge < -0.3 is 27.5 Å². The average Bonchev–Trinajstić information content (AvgIpc) is 3.98. The summed E-state index contributed by atoms with van der Waals surface area (Å²) in [5.74, 6) is -1.02. The number of allylic oxidation sites excluding steroid dienone is 2. The zero-order valence-corrected chi connectivity index (χ0v) is 37.3. The molecule has 4 heterocycles. The molecule has 0 aliphatic heterocycles. The number of rotatable bonds is 16. The molecule has 322 valence electrons. The SMILES string of the molecule is CCc1nc(C)oc1C(=O)Nc1nc2cc(C(=O)OC)ccc2n1C/C=C/Cn1c(NC(=O)c2cc(C)nn2CCCO[Si](C)(C)C(C)(C)C)nc2cc(C(=O)OC)ccc21. The Balaban J connectivity index is 1.27. The van der Waals surface area contributed by atoms with E-state index in [4.69, 9.17) is 23.3 Å². The van der Waals surface area contributed by atoms with Gasteiger partial charge in [0.15, 0.2) is 14.2 Å². The molecule has 6 rings (SSSR count). The van der Waals surface area contributed by atoms with Crippen molar-refractivity contribution in [3.8, 4) is 0 Å². The summed E-state index contributed by atoms with van der Waals surface area (Å²) < 4.78 is 27.1. The Labute approximate surface area is 354 Å². The molecule has 0 unspecified atom stereocenters. The Hall–Kier alpha value is -6.40. The van der Waals surface area contributed by atoms with Crippen molar-refractivity contribution < 1.29 is 37.5 Å². The van der Waals surface area contributed by atoms with E-state index in [0.29, 0.717) is 82.2 Å². The summed E-state index contributed by atoms with van der Waals surface area (Å²) in [6.45, 7) is 18.0. The van der Waals surface area contributed by atoms with Crippen LogP contribution in [0.2, 0.25) is 18.1 Å². The lowest BCUT2D eigenvalue weighted by atomic mass is 10.2. The van der Waals surface area contributed by atoms with Crippen LogP contribution in [0.4, 0.5) is 11.9 Å². The maximum atomic E-state index is 14.0. The lowest BCUT2D eigenvalue weighted by Gasteiger charge is -2.36. The maximum Gasteiger partial charge on any atom is 0.337 e. The quantitative estimate of drug-likeness (QED) is 0.0421. The smallest absolute Gasteiger partial charge is 0.337 e. The first-order chi connectivity index (χ1) is 28.9. The molecule has 0 saturated heterocycles. The van der Waals surface area contributed by atoms with Gasteiger partial charge in [0.1, 0.15) is 5.69 Å². The predicted octanol–water partition coefficient (Wildman–Crippen LogP) is 7.50. The molecule has 2 aromatic carbocycles. The lowest BCUT2D eigenvalue weighted by Crippen LogP contribution is -2.41. The highest BCUT2D eigenvalue weighted by molar-refractivity contribution is 6.74. The summed E-state index contributed by atoms with van der Waals surface area (Å²) >= 11 is 0. The van der Waals surface area contributed by atoms with Gasteiger partial charge in [-0.15, -0.1) is 0 Å². The largest absolute Gasteiger partial charge is 0.465 e. The third kappa shape index (κ3) is 9.65. The Morgan fingerprint density at radius 1 is 0.803 bits per heavy atom. The highest BCUT2D eigenvalue weighted by Gasteiger charge is 2.37. The summed E-state index contributed by atoms with van der Waals surface area (Å²) in [6, 6.07) is 11.7. The number of nitrogens with one attached hydrogen (secondary N) is 2. The molecule has 0 aliphatic rings. The van der Waals surface area contributed by atoms with Crippen LogP contribution in [0.5, 0.6) is 0 Å². The number of ether oxygens (including phenoxy) is 2. The number of imidazole rings is 2. The van der Waals surface area contributed by atoms with Crippen LogP contribution in [-0.4, -0.2) is 86.8 Å². The minimum Gasteiger partial charge on any atom is -0.465 e. The van der Waals surface area contributed by atoms with Gasteiger partial charge in [0.05, 0.1) is 58.8 Å². The van der Waals surface area contributed by atoms with Crippen LogP contribution in [0.1, 0.15) is 93.2 Å². The van der Waals surface area contributed by atoms with E-state index >= 15 is 0 Å². The lowest BCUT2D eigenvalue weighted by molar-refractivity contribution is 0.0592. The van der Waals surface area contributed by atoms with E-state index in [1.54, 1.807) is 58.6 Å². The number of benzene rings is 2. The second kappa shape index (κ2) is 18.1. The van der Waals surface area contributed by atoms with E-state index in [-0.39, 0.29) is 35.8 Å². The van der Waals surface area contributed by atoms with Crippen LogP contribution in [0.15, 0.2) is 59.0 Å². The first-order valence-corrected chi connectivity index (χ1v) is 22.9. The summed E-state index contributed by atoms with van der Waals surface area (Å²) in [6.07, 6.45) is 4.94. The Bertz CT molecular complexity index is 2640. The Morgan fingerprint density at radius 3 is 1.85 bits per heavy atom. The second-order valence-electron chi connectivity index (χ2n) is 16.1. The molecule has 0 spiro atoms. The van der Waals surface area contributed by atoms with Crippen LogP contribution >= 0.6 is 0 Å². The summed E-state index contributed by atoms with van der Waals surface area (Å²) in [5.41, 5.74) is 4.44. The fourth-order valence-electron chi connectivity index (χ4n) is 6.54. The van der Waals surface area contributed by atoms with E-state index in [1.165, 1.54) is 14.2 Å². The molecule has 17 nitrogen and oxygen atoms in total. The summed E-state index contributed by atoms with van der Waals surface area (Å²) in [4.78, 5) is 65.9. The molecular weight excluding hydrogens is 799 g/mol. The van der Waals surface area contributed by atoms with Crippen molar-refractivity contribution in [1.29, 1.82) is 0 Å². The number of hydrogen-bond acceptors (Lipinski definition) is 12. The van der Waals surface area contributed by atoms with Crippen LogP contribution in [0.25, 0.3) is 22.1 Å². The molecule has 0 atom stereocenters. The molecule has 2 N–H and O–H groups in total. The third-order valence-electron chi connectivity index (χ3n) is 10.8. The maximum absolute atomic E-state index is 14.0. The van der Waals surface area contributed by atoms with Gasteiger partial charge in [0.2, 0.25) is 17.7 Å². The van der Waals surface area contributed by atoms with Crippen molar-refractivity contribution >= 4 is 66.0 Å². The molecule has 4 aromatic heterocycles. The van der Waals surface area contributed by atoms with Crippen molar-refractivity contribution in [1.82, 2.24) is 33.9 Å². The van der Waals surface area contributed by atoms with Crippen LogP contribution in [0.3, 0.4) is 0 Å². The van der Waals surface area contributed by atoms with Gasteiger partial charge in [-0.25, -0.2) is 24.5 Å². The van der Waals surface area contributed by atoms with Gasteiger partial charge in [0.25, 0.3) is 11.8 Å². The zero-order valence-electron chi connectivity index (χ0n) is 36.3. The number of carbonyl (C=O) groups excluding carboxylic acids is 4. The van der Waals surface area contributed by atoms with Crippen LogP contribution in [0, 0.1) is 13.8 Å². The number of hydrogen-bond donors (Lipinski definition) is 2. The first-order valence-electron chi connectivity index (χ1n) is 20.0. The van der Waals surface area contributed by atoms with Gasteiger partial charge in [0, 0.05) is 33.2 Å². The van der Waals surface area contributed by atoms with E-state index in [1.807, 2.05) is 30.6 Å². The molecule has 2 amide bonds. The monoisotopic (exact) mass is 851 g/mol. The van der Waals surface area contributed by atoms with E-state index < -0.39 is 32.1 Å². The van der Waals surface area contributed by atoms with E-state index in [2.05, 4.69) is 59.6 Å². The minimum absolute atomic E-state index is 0.0847. The summed E-state index contributed by atoms with van der Waals surface area (Å²) in [5, 5.41) is 10.5. The normalized spacial score (nSPS) is 12.1. The average molecular weight is 852 g/mol. The number of nitrogens with zero attached hydrogens (tertiary/aromatic N) is 7. The van der Waals surface area contributed by atoms with Crippen molar-refractivity contribution in [2.75, 3.05) is 31.5 Å². The zero-order chi connectivity index (χ0) is 44.2. The molecule has 0 saturated carbocycles. The topological polar surface area (TPSA) is 200 Å². The molecule has 0 bridgehead atoms. The third-order valence-corrected chi connectivity index (χ3v) is 15.3. The standard InChI is InChI=1S/C43H53N9O8Si/c1-11-30-36(60-27(3)44-30)38(54)48-42-46-32-25-29(40(56)58-8)16-18-34(32)51(42)20-13-12-19-50-33-17-15-28(39(55)57-7)24-31(33)45-41(50)47-37(53)35-23-26(2)49-52(35)21-14-22-59-61(9,10)43(4,5)6/h12-13,15-18,23-25H,11,14,19-22H2,1-10H3,(H,45,47,53)(H,46,48,54)/b13-12+. The van der Waals surface area contributed by atoms with Crippen molar-refractivity contribution in [2.24, 2.45) is 0 Å². The highest BCUT2D eigenvalue weighted by atomic mass is 28.4. The number of anilines is 2. The second-order valence-corrected chi connectivity index (χ2v) is 20.9. The van der Waals surface area contributed by atoms with Gasteiger partial charge in [-0.2, -0.15) is 5.10 Å². The minimum atomic E-state index is -1.93. The number of methoxy groups -OCH3 is 2. The molecule has 0 radical (unpaired) electrons. The first kappa shape index (κ1) is 44.2. The highest BCUT2D eigenvalue weighted by Crippen LogP contribution is 2.36. The molecular formula is C43H53N9O8Si. The fourth-order valence-corrected chi connectivity index (χ4v) is 7.63. The van der Waals surface area contributed by atoms with Crippen LogP contribution in [-0.2, 0) is 40.0 Å². The molecule has 6 aromatic rings.